The zero-order valence-corrected chi connectivity index (χ0v) is 37.0. The SMILES string of the molecule is COc1cccc(N(C2=CCCC=C2)c2ccc3c(c2)c2cc(N(c4ccccc4)c4cccc(OC)c4)ccc2n3-c2ccc(N(c3ccccc3)c3cccc4ccccc34)cc2)c1. The van der Waals surface area contributed by atoms with Crippen molar-refractivity contribution in [2.75, 3.05) is 28.9 Å². The molecule has 0 saturated heterocycles. The average Bonchev–Trinajstić information content (AvgIpc) is 3.71. The van der Waals surface area contributed by atoms with E-state index in [1.807, 2.05) is 18.2 Å². The topological polar surface area (TPSA) is 33.1 Å². The van der Waals surface area contributed by atoms with Crippen LogP contribution >= 0.6 is 0 Å². The van der Waals surface area contributed by atoms with Crippen molar-refractivity contribution in [2.45, 2.75) is 12.8 Å². The van der Waals surface area contributed by atoms with Crippen LogP contribution in [0, 0.1) is 0 Å². The lowest BCUT2D eigenvalue weighted by Crippen LogP contribution is -2.16. The van der Waals surface area contributed by atoms with Crippen LogP contribution in [0.3, 0.4) is 0 Å². The zero-order chi connectivity index (χ0) is 44.4. The van der Waals surface area contributed by atoms with Crippen LogP contribution < -0.4 is 24.2 Å². The molecule has 0 amide bonds. The molecule has 0 atom stereocenters. The molecule has 0 N–H and O–H groups in total. The molecule has 11 rings (SSSR count). The monoisotopic (exact) mass is 856 g/mol. The number of allylic oxidation sites excluding steroid dienone is 3. The summed E-state index contributed by atoms with van der Waals surface area (Å²) in [7, 11) is 3.44. The van der Waals surface area contributed by atoms with E-state index in [9.17, 15) is 0 Å². The molecule has 1 aromatic heterocycles. The van der Waals surface area contributed by atoms with Gasteiger partial charge in [0.2, 0.25) is 0 Å². The van der Waals surface area contributed by atoms with E-state index in [4.69, 9.17) is 9.47 Å². The lowest BCUT2D eigenvalue weighted by atomic mass is 10.1. The maximum absolute atomic E-state index is 5.74. The standard InChI is InChI=1S/C60H48N4O2/c1-65-53-27-15-25-49(39-53)61(44-19-6-3-7-20-44)51-35-37-59-56(41-51)57-42-52(62(45-21-8-4-9-22-45)50-26-16-28-54(40-50)66-2)36-38-60(57)64(59)48-33-31-47(32-34-48)63(46-23-10-5-11-24-46)58-30-14-18-43-17-12-13-29-55(43)58/h3,5-8,10-42H,4,9H2,1-2H3. The highest BCUT2D eigenvalue weighted by molar-refractivity contribution is 6.12. The van der Waals surface area contributed by atoms with Crippen LogP contribution in [-0.4, -0.2) is 18.8 Å². The van der Waals surface area contributed by atoms with Crippen LogP contribution in [0.2, 0.25) is 0 Å². The molecule has 66 heavy (non-hydrogen) atoms. The Hall–Kier alpha value is -8.48. The summed E-state index contributed by atoms with van der Waals surface area (Å²) in [5, 5.41) is 4.68. The number of benzene rings is 9. The molecule has 0 fully saturated rings. The minimum atomic E-state index is 0.800. The van der Waals surface area contributed by atoms with Gasteiger partial charge in [0, 0.05) is 79.5 Å². The summed E-state index contributed by atoms with van der Waals surface area (Å²) in [6, 6.07) is 75.6. The van der Waals surface area contributed by atoms with E-state index in [0.29, 0.717) is 0 Å². The predicted molar refractivity (Wildman–Crippen MR) is 276 cm³/mol. The first-order valence-electron chi connectivity index (χ1n) is 22.5. The second-order valence-corrected chi connectivity index (χ2v) is 16.4. The maximum Gasteiger partial charge on any atom is 0.120 e. The molecular formula is C60H48N4O2. The highest BCUT2D eigenvalue weighted by Crippen LogP contribution is 2.44. The summed E-state index contributed by atoms with van der Waals surface area (Å²) in [6.07, 6.45) is 8.84. The van der Waals surface area contributed by atoms with Gasteiger partial charge in [0.25, 0.3) is 0 Å². The first-order valence-corrected chi connectivity index (χ1v) is 22.5. The highest BCUT2D eigenvalue weighted by atomic mass is 16.5. The molecule has 1 aliphatic carbocycles. The van der Waals surface area contributed by atoms with Crippen LogP contribution in [0.25, 0.3) is 38.3 Å². The molecule has 320 valence electrons. The van der Waals surface area contributed by atoms with E-state index < -0.39 is 0 Å². The molecule has 0 aliphatic heterocycles. The van der Waals surface area contributed by atoms with Gasteiger partial charge in [-0.25, -0.2) is 0 Å². The molecule has 10 aromatic rings. The number of fused-ring (bicyclic) bond motifs is 4. The second kappa shape index (κ2) is 17.6. The Morgan fingerprint density at radius 2 is 0.894 bits per heavy atom. The maximum atomic E-state index is 5.74. The number of hydrogen-bond donors (Lipinski definition) is 0. The van der Waals surface area contributed by atoms with Crippen molar-refractivity contribution in [3.05, 3.63) is 236 Å². The van der Waals surface area contributed by atoms with Crippen molar-refractivity contribution >= 4 is 78.1 Å². The third-order valence-corrected chi connectivity index (χ3v) is 12.5. The fourth-order valence-corrected chi connectivity index (χ4v) is 9.45. The molecule has 6 heteroatoms. The molecule has 0 spiro atoms. The van der Waals surface area contributed by atoms with Gasteiger partial charge in [-0.3, -0.25) is 0 Å². The summed E-state index contributed by atoms with van der Waals surface area (Å²) in [5.41, 5.74) is 12.9. The van der Waals surface area contributed by atoms with Gasteiger partial charge in [-0.05, 0) is 140 Å². The van der Waals surface area contributed by atoms with Gasteiger partial charge < -0.3 is 28.7 Å². The van der Waals surface area contributed by atoms with Crippen molar-refractivity contribution in [3.63, 3.8) is 0 Å². The van der Waals surface area contributed by atoms with Crippen LogP contribution in [0.4, 0.5) is 45.5 Å². The summed E-state index contributed by atoms with van der Waals surface area (Å²) < 4.78 is 13.9. The van der Waals surface area contributed by atoms with E-state index in [2.05, 4.69) is 232 Å². The highest BCUT2D eigenvalue weighted by Gasteiger charge is 2.22. The van der Waals surface area contributed by atoms with Crippen molar-refractivity contribution in [1.82, 2.24) is 4.57 Å². The van der Waals surface area contributed by atoms with Crippen molar-refractivity contribution in [1.29, 1.82) is 0 Å². The molecule has 0 unspecified atom stereocenters. The van der Waals surface area contributed by atoms with Gasteiger partial charge >= 0.3 is 0 Å². The third-order valence-electron chi connectivity index (χ3n) is 12.5. The van der Waals surface area contributed by atoms with Crippen LogP contribution in [0.1, 0.15) is 12.8 Å². The number of para-hydroxylation sites is 2. The zero-order valence-electron chi connectivity index (χ0n) is 37.0. The Morgan fingerprint density at radius 1 is 0.394 bits per heavy atom. The normalized spacial score (nSPS) is 12.3. The van der Waals surface area contributed by atoms with Gasteiger partial charge in [-0.1, -0.05) is 97.1 Å². The number of anilines is 8. The third kappa shape index (κ3) is 7.48. The average molecular weight is 857 g/mol. The Bertz CT molecular complexity index is 3410. The summed E-state index contributed by atoms with van der Waals surface area (Å²) in [5.74, 6) is 1.61. The first-order chi connectivity index (χ1) is 32.6. The molecule has 9 aromatic carbocycles. The van der Waals surface area contributed by atoms with Gasteiger partial charge in [0.05, 0.1) is 30.9 Å². The minimum absolute atomic E-state index is 0.800. The van der Waals surface area contributed by atoms with Crippen molar-refractivity contribution in [3.8, 4) is 17.2 Å². The van der Waals surface area contributed by atoms with Gasteiger partial charge in [-0.2, -0.15) is 0 Å². The molecule has 0 bridgehead atoms. The van der Waals surface area contributed by atoms with E-state index in [-0.39, 0.29) is 0 Å². The quantitative estimate of drug-likeness (QED) is 0.122. The van der Waals surface area contributed by atoms with Crippen molar-refractivity contribution < 1.29 is 9.47 Å². The van der Waals surface area contributed by atoms with Gasteiger partial charge in [0.15, 0.2) is 0 Å². The van der Waals surface area contributed by atoms with Gasteiger partial charge in [-0.15, -0.1) is 0 Å². The van der Waals surface area contributed by atoms with Crippen LogP contribution in [-0.2, 0) is 0 Å². The fraction of sp³-hybridized carbons (Fsp3) is 0.0667. The Labute approximate surface area is 385 Å². The molecule has 0 radical (unpaired) electrons. The number of hydrogen-bond acceptors (Lipinski definition) is 5. The largest absolute Gasteiger partial charge is 0.497 e. The van der Waals surface area contributed by atoms with Crippen LogP contribution in [0.15, 0.2) is 236 Å². The minimum Gasteiger partial charge on any atom is -0.497 e. The smallest absolute Gasteiger partial charge is 0.120 e. The van der Waals surface area contributed by atoms with E-state index >= 15 is 0 Å². The Kier molecular flexibility index (Phi) is 10.7. The summed E-state index contributed by atoms with van der Waals surface area (Å²) in [4.78, 5) is 7.00. The molecular weight excluding hydrogens is 809 g/mol. The van der Waals surface area contributed by atoms with E-state index in [1.54, 1.807) is 14.2 Å². The number of ether oxygens (including phenoxy) is 2. The molecule has 0 saturated carbocycles. The van der Waals surface area contributed by atoms with E-state index in [1.165, 1.54) is 10.8 Å². The number of rotatable bonds is 12. The molecule has 1 heterocycles. The lowest BCUT2D eigenvalue weighted by Gasteiger charge is -2.28. The van der Waals surface area contributed by atoms with Crippen molar-refractivity contribution in [2.24, 2.45) is 0 Å². The second-order valence-electron chi connectivity index (χ2n) is 16.4. The van der Waals surface area contributed by atoms with E-state index in [0.717, 1.165) is 103 Å². The Morgan fingerprint density at radius 3 is 1.52 bits per heavy atom. The summed E-state index contributed by atoms with van der Waals surface area (Å²) >= 11 is 0. The lowest BCUT2D eigenvalue weighted by molar-refractivity contribution is 0.415. The molecule has 6 nitrogen and oxygen atoms in total. The first kappa shape index (κ1) is 40.3. The molecule has 1 aliphatic rings. The fourth-order valence-electron chi connectivity index (χ4n) is 9.45. The van der Waals surface area contributed by atoms with Gasteiger partial charge in [0.1, 0.15) is 11.5 Å². The van der Waals surface area contributed by atoms with Crippen LogP contribution in [0.5, 0.6) is 11.5 Å². The Balaban J connectivity index is 1.11. The summed E-state index contributed by atoms with van der Waals surface area (Å²) in [6.45, 7) is 0. The number of methoxy groups -OCH3 is 2. The number of aromatic nitrogens is 1. The predicted octanol–water partition coefficient (Wildman–Crippen LogP) is 16.3. The number of nitrogens with zero attached hydrogens (tertiary/aromatic N) is 4.